The van der Waals surface area contributed by atoms with Gasteiger partial charge < -0.3 is 10.0 Å². The van der Waals surface area contributed by atoms with Crippen molar-refractivity contribution < 1.29 is 5.11 Å². The molecule has 0 amide bonds. The standard InChI is InChI=1S/C16H16N2OS3/c1-9(19)15-14(18-6-5-17-16(18)22-15)13-7-10-3-4-11(20-2)8-12(10)21-13/h3-4,7-9,19H,5-6H2,1-2H3. The number of aliphatic hydroxyl groups excluding tert-OH is 1. The molecule has 2 aliphatic heterocycles. The van der Waals surface area contributed by atoms with Gasteiger partial charge in [-0.3, -0.25) is 4.99 Å². The molecule has 0 fully saturated rings. The summed E-state index contributed by atoms with van der Waals surface area (Å²) in [6, 6.07) is 8.84. The monoisotopic (exact) mass is 348 g/mol. The maximum atomic E-state index is 10.1. The molecule has 2 aliphatic rings. The van der Waals surface area contributed by atoms with Gasteiger partial charge in [-0.25, -0.2) is 0 Å². The Kier molecular flexibility index (Phi) is 3.72. The second kappa shape index (κ2) is 5.60. The number of aliphatic imine (C=N–C) groups is 1. The second-order valence-electron chi connectivity index (χ2n) is 5.32. The van der Waals surface area contributed by atoms with Crippen molar-refractivity contribution in [2.24, 2.45) is 4.99 Å². The molecular weight excluding hydrogens is 332 g/mol. The van der Waals surface area contributed by atoms with Crippen LogP contribution in [0.5, 0.6) is 0 Å². The molecule has 0 spiro atoms. The summed E-state index contributed by atoms with van der Waals surface area (Å²) < 4.78 is 1.30. The molecule has 114 valence electrons. The average Bonchev–Trinajstić information content (AvgIpc) is 3.18. The number of thiophene rings is 1. The molecule has 6 heteroatoms. The highest BCUT2D eigenvalue weighted by Crippen LogP contribution is 2.46. The van der Waals surface area contributed by atoms with E-state index in [1.807, 2.05) is 6.92 Å². The largest absolute Gasteiger partial charge is 0.388 e. The van der Waals surface area contributed by atoms with Gasteiger partial charge in [0, 0.05) is 21.0 Å². The molecule has 4 rings (SSSR count). The summed E-state index contributed by atoms with van der Waals surface area (Å²) in [6.07, 6.45) is 1.64. The SMILES string of the molecule is CSc1ccc2cc(C3=C(C(C)O)SC4=NCCN43)sc2c1. The molecular formula is C16H16N2OS3. The summed E-state index contributed by atoms with van der Waals surface area (Å²) in [5.41, 5.74) is 1.16. The minimum absolute atomic E-state index is 0.458. The zero-order valence-electron chi connectivity index (χ0n) is 12.4. The van der Waals surface area contributed by atoms with E-state index in [1.165, 1.54) is 19.9 Å². The van der Waals surface area contributed by atoms with Crippen molar-refractivity contribution in [3.8, 4) is 0 Å². The van der Waals surface area contributed by atoms with Crippen LogP contribution >= 0.6 is 34.9 Å². The molecule has 22 heavy (non-hydrogen) atoms. The van der Waals surface area contributed by atoms with Crippen molar-refractivity contribution in [3.63, 3.8) is 0 Å². The lowest BCUT2D eigenvalue weighted by Gasteiger charge is -2.16. The molecule has 0 saturated carbocycles. The fourth-order valence-corrected chi connectivity index (χ4v) is 5.68. The molecule has 3 nitrogen and oxygen atoms in total. The van der Waals surface area contributed by atoms with Gasteiger partial charge in [0.15, 0.2) is 5.17 Å². The lowest BCUT2D eigenvalue weighted by molar-refractivity contribution is 0.240. The number of amidine groups is 1. The Balaban J connectivity index is 1.85. The molecule has 1 unspecified atom stereocenters. The van der Waals surface area contributed by atoms with Crippen LogP contribution in [0, 0.1) is 0 Å². The van der Waals surface area contributed by atoms with Crippen molar-refractivity contribution in [1.82, 2.24) is 4.90 Å². The Morgan fingerprint density at radius 1 is 1.36 bits per heavy atom. The molecule has 3 heterocycles. The number of aliphatic hydroxyl groups is 1. The van der Waals surface area contributed by atoms with Gasteiger partial charge in [0.05, 0.1) is 23.2 Å². The maximum Gasteiger partial charge on any atom is 0.168 e. The molecule has 1 atom stereocenters. The lowest BCUT2D eigenvalue weighted by atomic mass is 10.2. The van der Waals surface area contributed by atoms with E-state index >= 15 is 0 Å². The summed E-state index contributed by atoms with van der Waals surface area (Å²) in [5.74, 6) is 0. The first-order valence-corrected chi connectivity index (χ1v) is 10.0. The minimum atomic E-state index is -0.458. The van der Waals surface area contributed by atoms with E-state index in [0.717, 1.165) is 28.9 Å². The zero-order chi connectivity index (χ0) is 15.3. The molecule has 1 aromatic heterocycles. The van der Waals surface area contributed by atoms with Crippen LogP contribution in [-0.2, 0) is 0 Å². The van der Waals surface area contributed by atoms with Crippen LogP contribution in [0.15, 0.2) is 39.1 Å². The van der Waals surface area contributed by atoms with Crippen LogP contribution in [-0.4, -0.2) is 40.6 Å². The van der Waals surface area contributed by atoms with Gasteiger partial charge in [0.25, 0.3) is 0 Å². The lowest BCUT2D eigenvalue weighted by Crippen LogP contribution is -2.19. The highest BCUT2D eigenvalue weighted by Gasteiger charge is 2.35. The van der Waals surface area contributed by atoms with Crippen molar-refractivity contribution in [3.05, 3.63) is 34.0 Å². The highest BCUT2D eigenvalue weighted by molar-refractivity contribution is 8.17. The van der Waals surface area contributed by atoms with Gasteiger partial charge in [-0.05, 0) is 36.8 Å². The third-order valence-corrected chi connectivity index (χ3v) is 6.96. The normalized spacial score (nSPS) is 19.0. The van der Waals surface area contributed by atoms with Crippen molar-refractivity contribution >= 4 is 55.8 Å². The van der Waals surface area contributed by atoms with E-state index in [-0.39, 0.29) is 0 Å². The van der Waals surface area contributed by atoms with E-state index in [4.69, 9.17) is 0 Å². The van der Waals surface area contributed by atoms with Gasteiger partial charge in [-0.15, -0.1) is 23.1 Å². The van der Waals surface area contributed by atoms with Crippen LogP contribution < -0.4 is 0 Å². The molecule has 0 saturated heterocycles. The average molecular weight is 349 g/mol. The minimum Gasteiger partial charge on any atom is -0.388 e. The first-order chi connectivity index (χ1) is 10.7. The van der Waals surface area contributed by atoms with E-state index in [9.17, 15) is 5.11 Å². The van der Waals surface area contributed by atoms with Crippen LogP contribution in [0.4, 0.5) is 0 Å². The van der Waals surface area contributed by atoms with Gasteiger partial charge in [0.2, 0.25) is 0 Å². The van der Waals surface area contributed by atoms with Crippen molar-refractivity contribution in [1.29, 1.82) is 0 Å². The van der Waals surface area contributed by atoms with Crippen LogP contribution in [0.3, 0.4) is 0 Å². The number of benzene rings is 1. The summed E-state index contributed by atoms with van der Waals surface area (Å²) >= 11 is 5.19. The molecule has 0 bridgehead atoms. The molecule has 0 aliphatic carbocycles. The number of hydrogen-bond acceptors (Lipinski definition) is 6. The number of fused-ring (bicyclic) bond motifs is 2. The summed E-state index contributed by atoms with van der Waals surface area (Å²) in [4.78, 5) is 10.3. The Morgan fingerprint density at radius 2 is 2.23 bits per heavy atom. The third-order valence-electron chi connectivity index (χ3n) is 3.85. The Labute approximate surface area is 142 Å². The maximum absolute atomic E-state index is 10.1. The number of thioether (sulfide) groups is 2. The number of hydrogen-bond donors (Lipinski definition) is 1. The van der Waals surface area contributed by atoms with E-state index in [2.05, 4.69) is 40.4 Å². The van der Waals surface area contributed by atoms with E-state index in [0.29, 0.717) is 0 Å². The zero-order valence-corrected chi connectivity index (χ0v) is 14.8. The van der Waals surface area contributed by atoms with Crippen LogP contribution in [0.25, 0.3) is 15.8 Å². The fraction of sp³-hybridized carbons (Fsp3) is 0.312. The summed E-state index contributed by atoms with van der Waals surface area (Å²) in [5, 5.41) is 12.4. The predicted molar refractivity (Wildman–Crippen MR) is 98.8 cm³/mol. The first kappa shape index (κ1) is 14.6. The molecule has 1 aromatic carbocycles. The van der Waals surface area contributed by atoms with Crippen molar-refractivity contribution in [2.75, 3.05) is 19.3 Å². The first-order valence-electron chi connectivity index (χ1n) is 7.17. The summed E-state index contributed by atoms with van der Waals surface area (Å²) in [7, 11) is 0. The Hall–Kier alpha value is -0.950. The highest BCUT2D eigenvalue weighted by atomic mass is 32.2. The van der Waals surface area contributed by atoms with Gasteiger partial charge in [-0.2, -0.15) is 0 Å². The smallest absolute Gasteiger partial charge is 0.168 e. The second-order valence-corrected chi connectivity index (χ2v) is 8.29. The fourth-order valence-electron chi connectivity index (χ4n) is 2.79. The van der Waals surface area contributed by atoms with E-state index in [1.54, 1.807) is 34.9 Å². The van der Waals surface area contributed by atoms with Gasteiger partial charge in [-0.1, -0.05) is 17.8 Å². The van der Waals surface area contributed by atoms with Crippen LogP contribution in [0.2, 0.25) is 0 Å². The van der Waals surface area contributed by atoms with Gasteiger partial charge in [0.1, 0.15) is 0 Å². The van der Waals surface area contributed by atoms with Crippen molar-refractivity contribution in [2.45, 2.75) is 17.9 Å². The molecule has 0 radical (unpaired) electrons. The Morgan fingerprint density at radius 3 is 3.00 bits per heavy atom. The number of nitrogens with zero attached hydrogens (tertiary/aromatic N) is 2. The van der Waals surface area contributed by atoms with E-state index < -0.39 is 6.10 Å². The molecule has 1 N–H and O–H groups in total. The van der Waals surface area contributed by atoms with Gasteiger partial charge >= 0.3 is 0 Å². The predicted octanol–water partition coefficient (Wildman–Crippen LogP) is 4.09. The quantitative estimate of drug-likeness (QED) is 0.848. The molecule has 2 aromatic rings. The Bertz CT molecular complexity index is 807. The topological polar surface area (TPSA) is 35.8 Å². The van der Waals surface area contributed by atoms with Crippen LogP contribution in [0.1, 0.15) is 11.8 Å². The number of rotatable bonds is 3. The summed E-state index contributed by atoms with van der Waals surface area (Å²) in [6.45, 7) is 3.60. The third kappa shape index (κ3) is 2.29.